The Hall–Kier alpha value is -4.11. The van der Waals surface area contributed by atoms with Gasteiger partial charge in [-0.15, -0.1) is 0 Å². The summed E-state index contributed by atoms with van der Waals surface area (Å²) in [6.07, 6.45) is 117. The van der Waals surface area contributed by atoms with E-state index in [1.807, 2.05) is 21.1 Å². The van der Waals surface area contributed by atoms with E-state index in [0.29, 0.717) is 17.4 Å². The van der Waals surface area contributed by atoms with Crippen LogP contribution in [0.25, 0.3) is 0 Å². The lowest BCUT2D eigenvalue weighted by atomic mass is 10.0. The molecule has 0 aliphatic heterocycles. The van der Waals surface area contributed by atoms with Gasteiger partial charge in [0.1, 0.15) is 19.8 Å². The number of quaternary nitrogens is 1. The fourth-order valence-electron chi connectivity index (χ4n) is 11.5. The van der Waals surface area contributed by atoms with E-state index in [2.05, 4.69) is 160 Å². The molecule has 2 atom stereocenters. The number of ether oxygens (including phenoxy) is 2. The first-order valence-electron chi connectivity index (χ1n) is 41.6. The number of phosphoric ester groups is 1. The number of phosphoric acid groups is 1. The highest BCUT2D eigenvalue weighted by Gasteiger charge is 2.27. The number of hydrogen-bond acceptors (Lipinski definition) is 7. The minimum absolute atomic E-state index is 0.0243. The molecule has 0 rings (SSSR count). The molecule has 100 heavy (non-hydrogen) atoms. The minimum atomic E-state index is -4.41. The van der Waals surface area contributed by atoms with Crippen molar-refractivity contribution in [2.24, 2.45) is 0 Å². The van der Waals surface area contributed by atoms with E-state index in [0.717, 1.165) is 116 Å². The molecule has 0 aliphatic carbocycles. The Balaban J connectivity index is 4.03. The zero-order valence-corrected chi connectivity index (χ0v) is 66.5. The van der Waals surface area contributed by atoms with Crippen LogP contribution in [0, 0.1) is 0 Å². The Morgan fingerprint density at radius 3 is 0.860 bits per heavy atom. The minimum Gasteiger partial charge on any atom is -0.462 e. The molecule has 0 aromatic rings. The fourth-order valence-corrected chi connectivity index (χ4v) is 12.3. The molecule has 0 saturated heterocycles. The molecule has 0 saturated carbocycles. The Labute approximate surface area is 618 Å². The lowest BCUT2D eigenvalue weighted by Gasteiger charge is -2.24. The van der Waals surface area contributed by atoms with Gasteiger partial charge in [-0.25, -0.2) is 4.57 Å². The molecule has 0 bridgehead atoms. The van der Waals surface area contributed by atoms with Crippen molar-refractivity contribution in [2.45, 2.75) is 367 Å². The lowest BCUT2D eigenvalue weighted by Crippen LogP contribution is -2.37. The van der Waals surface area contributed by atoms with E-state index >= 15 is 0 Å². The second-order valence-corrected chi connectivity index (χ2v) is 30.2. The van der Waals surface area contributed by atoms with Crippen molar-refractivity contribution in [1.82, 2.24) is 0 Å². The molecule has 9 nitrogen and oxygen atoms in total. The summed E-state index contributed by atoms with van der Waals surface area (Å²) in [5.74, 6) is -0.805. The number of unbranched alkanes of at least 4 members (excludes halogenated alkanes) is 38. The van der Waals surface area contributed by atoms with E-state index in [1.54, 1.807) is 0 Å². The molecule has 2 unspecified atom stereocenters. The smallest absolute Gasteiger partial charge is 0.462 e. The number of carbonyl (C=O) groups excluding carboxylic acids is 2. The summed E-state index contributed by atoms with van der Waals surface area (Å²) in [5, 5.41) is 0. The van der Waals surface area contributed by atoms with Gasteiger partial charge in [-0.2, -0.15) is 0 Å². The van der Waals surface area contributed by atoms with Gasteiger partial charge in [-0.3, -0.25) is 18.6 Å². The normalized spacial score (nSPS) is 13.8. The summed E-state index contributed by atoms with van der Waals surface area (Å²) in [5.41, 5.74) is 0. The maximum absolute atomic E-state index is 12.9. The van der Waals surface area contributed by atoms with Gasteiger partial charge in [-0.05, 0) is 122 Å². The van der Waals surface area contributed by atoms with Crippen LogP contribution in [0.3, 0.4) is 0 Å². The number of rotatable bonds is 76. The van der Waals surface area contributed by atoms with Crippen LogP contribution in [0.5, 0.6) is 0 Å². The van der Waals surface area contributed by atoms with E-state index in [1.165, 1.54) is 212 Å². The molecule has 0 amide bonds. The Bertz CT molecular complexity index is 2210. The molecule has 0 aromatic carbocycles. The SMILES string of the molecule is CC/C=C\C/C=C\C/C=C\C/C=C\C/C=C\C/C=C\C/C=C\C/C=C\C/C=C\C/C=C\C/C=C\CCCCCCCCCC(=O)OC(COC(=O)CCCCCCCCCCCCCCCCCCCCCCCCC/C=C\CCCCCCCCCC)COP(=O)(O)OCC[N+](C)(C)C. The molecule has 0 spiro atoms. The third-order valence-electron chi connectivity index (χ3n) is 17.9. The van der Waals surface area contributed by atoms with Gasteiger partial charge < -0.3 is 18.9 Å². The highest BCUT2D eigenvalue weighted by molar-refractivity contribution is 7.47. The van der Waals surface area contributed by atoms with Crippen LogP contribution in [-0.2, 0) is 32.7 Å². The van der Waals surface area contributed by atoms with Crippen LogP contribution < -0.4 is 0 Å². The van der Waals surface area contributed by atoms with E-state index in [4.69, 9.17) is 18.5 Å². The average Bonchev–Trinajstić information content (AvgIpc) is 1.30. The molecule has 1 N–H and O–H groups in total. The topological polar surface area (TPSA) is 108 Å². The maximum atomic E-state index is 12.9. The van der Waals surface area contributed by atoms with Crippen LogP contribution in [0.1, 0.15) is 361 Å². The number of hydrogen-bond donors (Lipinski definition) is 1. The van der Waals surface area contributed by atoms with Crippen molar-refractivity contribution < 1.29 is 42.1 Å². The Kier molecular flexibility index (Phi) is 75.8. The summed E-state index contributed by atoms with van der Waals surface area (Å²) < 4.78 is 34.8. The quantitative estimate of drug-likeness (QED) is 0.0211. The number of likely N-dealkylation sites (N-methyl/N-ethyl adjacent to an activating group) is 1. The molecule has 10 heteroatoms. The van der Waals surface area contributed by atoms with Gasteiger partial charge in [0.15, 0.2) is 6.10 Å². The highest BCUT2D eigenvalue weighted by atomic mass is 31.2. The van der Waals surface area contributed by atoms with Crippen molar-refractivity contribution in [3.63, 3.8) is 0 Å². The largest absolute Gasteiger partial charge is 0.472 e. The second kappa shape index (κ2) is 79.0. The maximum Gasteiger partial charge on any atom is 0.472 e. The summed E-state index contributed by atoms with van der Waals surface area (Å²) in [6, 6.07) is 0. The Morgan fingerprint density at radius 2 is 0.570 bits per heavy atom. The first kappa shape index (κ1) is 95.9. The zero-order chi connectivity index (χ0) is 72.5. The standard InChI is InChI=1S/C90H156NO8P/c1-6-8-10-12-14-16-18-20-22-24-26-28-30-32-34-36-38-40-42-43-44-45-46-47-49-51-53-55-57-59-61-63-65-67-69-71-73-75-77-79-81-83-90(93)99-88(87-98-100(94,95)97-85-84-91(3,4)5)86-96-89(92)82-80-78-76-74-72-70-68-66-64-62-60-58-56-54-52-50-48-41-39-37-35-33-31-29-27-25-23-21-19-17-15-13-11-9-7-2/h8,10,14,16,20,22,25-28,32,34,38,40,43-44,46-47,51,53,57,59,63,65,88H,6-7,9,11-13,15,17-19,21,23-24,29-31,33,35-37,39,41-42,45,48-50,52,54-56,58,60-62,64,66-87H2,1-5H3/p+1/b10-8-,16-14-,22-20-,27-25-,28-26-,34-32-,40-38-,44-43-,47-46-,53-51-,59-57-,65-63-. The Morgan fingerprint density at radius 1 is 0.320 bits per heavy atom. The van der Waals surface area contributed by atoms with Crippen molar-refractivity contribution in [3.05, 3.63) is 146 Å². The summed E-state index contributed by atoms with van der Waals surface area (Å²) in [6.45, 7) is 4.34. The number of nitrogens with zero attached hydrogens (tertiary/aromatic N) is 1. The van der Waals surface area contributed by atoms with Crippen LogP contribution in [0.15, 0.2) is 146 Å². The van der Waals surface area contributed by atoms with Crippen LogP contribution in [-0.4, -0.2) is 74.9 Å². The average molecular weight is 1410 g/mol. The van der Waals surface area contributed by atoms with E-state index < -0.39 is 26.5 Å². The summed E-state index contributed by atoms with van der Waals surface area (Å²) >= 11 is 0. The van der Waals surface area contributed by atoms with Gasteiger partial charge in [0.2, 0.25) is 0 Å². The van der Waals surface area contributed by atoms with Crippen molar-refractivity contribution in [3.8, 4) is 0 Å². The fraction of sp³-hybridized carbons (Fsp3) is 0.711. The van der Waals surface area contributed by atoms with Gasteiger partial charge in [0.25, 0.3) is 0 Å². The van der Waals surface area contributed by atoms with Gasteiger partial charge >= 0.3 is 19.8 Å². The first-order valence-corrected chi connectivity index (χ1v) is 43.1. The molecule has 0 aromatic heterocycles. The molecular formula is C90H157NO8P+. The predicted octanol–water partition coefficient (Wildman–Crippen LogP) is 28.1. The molecule has 0 radical (unpaired) electrons. The monoisotopic (exact) mass is 1410 g/mol. The van der Waals surface area contributed by atoms with Gasteiger partial charge in [-0.1, -0.05) is 372 Å². The van der Waals surface area contributed by atoms with E-state index in [-0.39, 0.29) is 32.0 Å². The summed E-state index contributed by atoms with van der Waals surface area (Å²) in [4.78, 5) is 36.0. The highest BCUT2D eigenvalue weighted by Crippen LogP contribution is 2.43. The van der Waals surface area contributed by atoms with Crippen LogP contribution in [0.4, 0.5) is 0 Å². The second-order valence-electron chi connectivity index (χ2n) is 28.8. The predicted molar refractivity (Wildman–Crippen MR) is 436 cm³/mol. The summed E-state index contributed by atoms with van der Waals surface area (Å²) in [7, 11) is 1.47. The molecule has 0 fully saturated rings. The van der Waals surface area contributed by atoms with Crippen LogP contribution in [0.2, 0.25) is 0 Å². The van der Waals surface area contributed by atoms with Crippen LogP contribution >= 0.6 is 7.82 Å². The molecule has 574 valence electrons. The number of carbonyl (C=O) groups is 2. The van der Waals surface area contributed by atoms with Crippen molar-refractivity contribution in [1.29, 1.82) is 0 Å². The van der Waals surface area contributed by atoms with Crippen molar-refractivity contribution >= 4 is 19.8 Å². The third kappa shape index (κ3) is 82.8. The third-order valence-corrected chi connectivity index (χ3v) is 18.8. The van der Waals surface area contributed by atoms with Gasteiger partial charge in [0.05, 0.1) is 27.7 Å². The van der Waals surface area contributed by atoms with Gasteiger partial charge in [0, 0.05) is 12.8 Å². The first-order chi connectivity index (χ1) is 49.0. The van der Waals surface area contributed by atoms with E-state index in [9.17, 15) is 19.0 Å². The lowest BCUT2D eigenvalue weighted by molar-refractivity contribution is -0.870. The number of allylic oxidation sites excluding steroid dienone is 24. The molecule has 0 aliphatic rings. The molecule has 0 heterocycles. The van der Waals surface area contributed by atoms with Crippen molar-refractivity contribution in [2.75, 3.05) is 47.5 Å². The number of esters is 2. The zero-order valence-electron chi connectivity index (χ0n) is 65.6. The molecular weight excluding hydrogens is 1250 g/mol.